The van der Waals surface area contributed by atoms with Crippen LogP contribution in [-0.4, -0.2) is 34.1 Å². The predicted octanol–water partition coefficient (Wildman–Crippen LogP) is 3.15. The third kappa shape index (κ3) is 4.76. The van der Waals surface area contributed by atoms with Crippen molar-refractivity contribution in [2.24, 2.45) is 0 Å². The normalized spacial score (nSPS) is 12.2. The second-order valence-electron chi connectivity index (χ2n) is 5.91. The van der Waals surface area contributed by atoms with Crippen LogP contribution in [0.1, 0.15) is 54.0 Å². The van der Waals surface area contributed by atoms with Gasteiger partial charge < -0.3 is 10.4 Å². The highest BCUT2D eigenvalue weighted by Gasteiger charge is 2.18. The molecule has 0 aliphatic carbocycles. The van der Waals surface area contributed by atoms with Crippen LogP contribution >= 0.6 is 11.6 Å². The van der Waals surface area contributed by atoms with Crippen molar-refractivity contribution < 1.29 is 9.90 Å². The Labute approximate surface area is 147 Å². The number of nitrogens with zero attached hydrogens (tertiary/aromatic N) is 2. The van der Waals surface area contributed by atoms with Gasteiger partial charge in [0.15, 0.2) is 0 Å². The summed E-state index contributed by atoms with van der Waals surface area (Å²) in [4.78, 5) is 20.8. The lowest BCUT2D eigenvalue weighted by atomic mass is 9.96. The molecule has 0 radical (unpaired) electrons. The summed E-state index contributed by atoms with van der Waals surface area (Å²) in [6.07, 6.45) is 2.03. The molecule has 1 amide bonds. The zero-order valence-corrected chi connectivity index (χ0v) is 14.6. The van der Waals surface area contributed by atoms with Crippen molar-refractivity contribution in [3.8, 4) is 0 Å². The molecule has 1 heterocycles. The minimum atomic E-state index is -0.330. The number of hydrogen-bond donors (Lipinski definition) is 2. The highest BCUT2D eigenvalue weighted by Crippen LogP contribution is 2.19. The number of carbonyl (C=O) groups excluding carboxylic acids is 1. The van der Waals surface area contributed by atoms with E-state index in [0.717, 1.165) is 5.56 Å². The van der Waals surface area contributed by atoms with Crippen LogP contribution in [0.5, 0.6) is 0 Å². The number of halogens is 1. The first kappa shape index (κ1) is 18.4. The SMILES string of the molecule is CC(C)c1ncc(Cl)c(C(=O)NCC(CCO)c2ccccc2)n1. The summed E-state index contributed by atoms with van der Waals surface area (Å²) in [7, 11) is 0. The predicted molar refractivity (Wildman–Crippen MR) is 94.4 cm³/mol. The van der Waals surface area contributed by atoms with E-state index in [1.165, 1.54) is 6.20 Å². The van der Waals surface area contributed by atoms with E-state index in [-0.39, 0.29) is 35.1 Å². The van der Waals surface area contributed by atoms with Gasteiger partial charge >= 0.3 is 0 Å². The van der Waals surface area contributed by atoms with Crippen LogP contribution in [-0.2, 0) is 0 Å². The van der Waals surface area contributed by atoms with Gasteiger partial charge in [0.05, 0.1) is 11.2 Å². The van der Waals surface area contributed by atoms with E-state index < -0.39 is 0 Å². The number of benzene rings is 1. The quantitative estimate of drug-likeness (QED) is 0.806. The Bertz CT molecular complexity index is 677. The highest BCUT2D eigenvalue weighted by molar-refractivity contribution is 6.33. The zero-order chi connectivity index (χ0) is 17.5. The molecule has 1 aromatic carbocycles. The van der Waals surface area contributed by atoms with Crippen molar-refractivity contribution in [2.45, 2.75) is 32.1 Å². The molecule has 0 fully saturated rings. The molecule has 2 N–H and O–H groups in total. The molecule has 6 heteroatoms. The number of aliphatic hydroxyl groups excluding tert-OH is 1. The van der Waals surface area contributed by atoms with Gasteiger partial charge in [0, 0.05) is 25.0 Å². The Balaban J connectivity index is 2.10. The smallest absolute Gasteiger partial charge is 0.271 e. The Morgan fingerprint density at radius 3 is 2.62 bits per heavy atom. The van der Waals surface area contributed by atoms with E-state index in [0.29, 0.717) is 18.8 Å². The summed E-state index contributed by atoms with van der Waals surface area (Å²) in [5.74, 6) is 0.397. The monoisotopic (exact) mass is 347 g/mol. The van der Waals surface area contributed by atoms with Gasteiger partial charge in [-0.25, -0.2) is 9.97 Å². The molecule has 0 saturated heterocycles. The Morgan fingerprint density at radius 2 is 2.00 bits per heavy atom. The molecule has 128 valence electrons. The van der Waals surface area contributed by atoms with Gasteiger partial charge in [0.1, 0.15) is 11.5 Å². The molecule has 0 aliphatic heterocycles. The minimum absolute atomic E-state index is 0.0327. The van der Waals surface area contributed by atoms with E-state index in [4.69, 9.17) is 11.6 Å². The van der Waals surface area contributed by atoms with Gasteiger partial charge in [-0.1, -0.05) is 55.8 Å². The Hall–Kier alpha value is -1.98. The zero-order valence-electron chi connectivity index (χ0n) is 13.9. The fourth-order valence-electron chi connectivity index (χ4n) is 2.39. The molecule has 5 nitrogen and oxygen atoms in total. The second-order valence-corrected chi connectivity index (χ2v) is 6.32. The van der Waals surface area contributed by atoms with Crippen LogP contribution in [0, 0.1) is 0 Å². The fourth-order valence-corrected chi connectivity index (χ4v) is 2.56. The maximum atomic E-state index is 12.4. The third-order valence-electron chi connectivity index (χ3n) is 3.75. The van der Waals surface area contributed by atoms with E-state index in [2.05, 4.69) is 15.3 Å². The van der Waals surface area contributed by atoms with Crippen LogP contribution in [0.15, 0.2) is 36.5 Å². The van der Waals surface area contributed by atoms with Crippen molar-refractivity contribution in [3.63, 3.8) is 0 Å². The number of carbonyl (C=O) groups is 1. The van der Waals surface area contributed by atoms with Crippen molar-refractivity contribution >= 4 is 17.5 Å². The first-order chi connectivity index (χ1) is 11.5. The van der Waals surface area contributed by atoms with Crippen molar-refractivity contribution in [1.29, 1.82) is 0 Å². The summed E-state index contributed by atoms with van der Waals surface area (Å²) in [6.45, 7) is 4.37. The molecule has 24 heavy (non-hydrogen) atoms. The lowest BCUT2D eigenvalue weighted by Gasteiger charge is -2.17. The Morgan fingerprint density at radius 1 is 1.29 bits per heavy atom. The van der Waals surface area contributed by atoms with Gasteiger partial charge in [0.25, 0.3) is 5.91 Å². The Kier molecular flexibility index (Phi) is 6.70. The number of nitrogens with one attached hydrogen (secondary N) is 1. The summed E-state index contributed by atoms with van der Waals surface area (Å²) in [6, 6.07) is 9.80. The molecule has 0 bridgehead atoms. The average Bonchev–Trinajstić information content (AvgIpc) is 2.59. The molecule has 1 aromatic heterocycles. The van der Waals surface area contributed by atoms with E-state index in [1.54, 1.807) is 0 Å². The summed E-state index contributed by atoms with van der Waals surface area (Å²) >= 11 is 6.06. The second kappa shape index (κ2) is 8.76. The van der Waals surface area contributed by atoms with E-state index >= 15 is 0 Å². The van der Waals surface area contributed by atoms with Crippen LogP contribution in [0.3, 0.4) is 0 Å². The lowest BCUT2D eigenvalue weighted by molar-refractivity contribution is 0.0944. The molecule has 2 aromatic rings. The van der Waals surface area contributed by atoms with Crippen molar-refractivity contribution in [1.82, 2.24) is 15.3 Å². The van der Waals surface area contributed by atoms with Crippen LogP contribution in [0.25, 0.3) is 0 Å². The van der Waals surface area contributed by atoms with Crippen LogP contribution in [0.4, 0.5) is 0 Å². The first-order valence-electron chi connectivity index (χ1n) is 7.99. The standard InChI is InChI=1S/C18H22ClN3O2/c1-12(2)17-20-11-15(19)16(22-17)18(24)21-10-14(8-9-23)13-6-4-3-5-7-13/h3-7,11-12,14,23H,8-10H2,1-2H3,(H,21,24). The lowest BCUT2D eigenvalue weighted by Crippen LogP contribution is -2.30. The number of hydrogen-bond acceptors (Lipinski definition) is 4. The maximum absolute atomic E-state index is 12.4. The molecule has 1 unspecified atom stereocenters. The van der Waals surface area contributed by atoms with Crippen molar-refractivity contribution in [3.05, 3.63) is 58.6 Å². The topological polar surface area (TPSA) is 75.1 Å². The van der Waals surface area contributed by atoms with Crippen molar-refractivity contribution in [2.75, 3.05) is 13.2 Å². The van der Waals surface area contributed by atoms with E-state index in [1.807, 2.05) is 44.2 Å². The van der Waals surface area contributed by atoms with Gasteiger partial charge in [-0.05, 0) is 12.0 Å². The molecule has 1 atom stereocenters. The fraction of sp³-hybridized carbons (Fsp3) is 0.389. The van der Waals surface area contributed by atoms with E-state index in [9.17, 15) is 9.90 Å². The molecule has 0 saturated carbocycles. The number of rotatable bonds is 7. The van der Waals surface area contributed by atoms with Gasteiger partial charge in [-0.2, -0.15) is 0 Å². The minimum Gasteiger partial charge on any atom is -0.396 e. The molecular weight excluding hydrogens is 326 g/mol. The van der Waals surface area contributed by atoms with Crippen LogP contribution in [0.2, 0.25) is 5.02 Å². The van der Waals surface area contributed by atoms with Gasteiger partial charge in [-0.15, -0.1) is 0 Å². The average molecular weight is 348 g/mol. The summed E-state index contributed by atoms with van der Waals surface area (Å²) < 4.78 is 0. The number of amides is 1. The van der Waals surface area contributed by atoms with Gasteiger partial charge in [0.2, 0.25) is 0 Å². The molecule has 2 rings (SSSR count). The molecular formula is C18H22ClN3O2. The van der Waals surface area contributed by atoms with Gasteiger partial charge in [-0.3, -0.25) is 4.79 Å². The number of aromatic nitrogens is 2. The number of aliphatic hydroxyl groups is 1. The van der Waals surface area contributed by atoms with Crippen LogP contribution < -0.4 is 5.32 Å². The first-order valence-corrected chi connectivity index (χ1v) is 8.37. The molecule has 0 aliphatic rings. The summed E-state index contributed by atoms with van der Waals surface area (Å²) in [5.41, 5.74) is 1.26. The summed E-state index contributed by atoms with van der Waals surface area (Å²) in [5, 5.41) is 12.4. The molecule has 0 spiro atoms. The third-order valence-corrected chi connectivity index (χ3v) is 4.03. The maximum Gasteiger partial charge on any atom is 0.271 e. The largest absolute Gasteiger partial charge is 0.396 e. The highest BCUT2D eigenvalue weighted by atomic mass is 35.5.